The first kappa shape index (κ1) is 50.2. The zero-order valence-electron chi connectivity index (χ0n) is 38.4. The number of carbonyl (C=O) groups is 4. The summed E-state index contributed by atoms with van der Waals surface area (Å²) in [4.78, 5) is 66.9. The summed E-state index contributed by atoms with van der Waals surface area (Å²) in [5.41, 5.74) is 3.00. The van der Waals surface area contributed by atoms with Crippen LogP contribution in [0.15, 0.2) is 203 Å². The molecule has 0 saturated carbocycles. The number of pyridine rings is 1. The predicted molar refractivity (Wildman–Crippen MR) is 271 cm³/mol. The Hall–Kier alpha value is -7.74. The number of aromatic nitrogens is 2. The zero-order chi connectivity index (χ0) is 51.0. The maximum atomic E-state index is 14.5. The second-order valence-electron chi connectivity index (χ2n) is 16.6. The number of carbonyl (C=O) groups excluding carboxylic acids is 3. The monoisotopic (exact) mass is 1040 g/mol. The lowest BCUT2D eigenvalue weighted by Gasteiger charge is -2.49. The number of anilines is 1. The van der Waals surface area contributed by atoms with Gasteiger partial charge >= 0.3 is 18.1 Å². The predicted octanol–water partition coefficient (Wildman–Crippen LogP) is 8.98. The molecule has 5 aromatic carbocycles. The number of amides is 2. The zero-order valence-corrected chi connectivity index (χ0v) is 40.9. The lowest BCUT2D eigenvalue weighted by Crippen LogP contribution is -2.71. The van der Waals surface area contributed by atoms with Gasteiger partial charge in [-0.3, -0.25) is 14.5 Å². The molecule has 19 heteroatoms. The Morgan fingerprint density at radius 1 is 0.808 bits per heavy atom. The van der Waals surface area contributed by atoms with Gasteiger partial charge < -0.3 is 25.3 Å². The van der Waals surface area contributed by atoms with Crippen molar-refractivity contribution in [2.45, 2.75) is 40.7 Å². The number of halogens is 3. The Morgan fingerprint density at radius 2 is 1.34 bits per heavy atom. The number of rotatable bonds is 19. The molecule has 370 valence electrons. The fraction of sp³-hybridized carbons (Fsp3) is 0.167. The second kappa shape index (κ2) is 22.4. The van der Waals surface area contributed by atoms with Gasteiger partial charge in [0, 0.05) is 33.9 Å². The first-order valence-electron chi connectivity index (χ1n) is 22.7. The van der Waals surface area contributed by atoms with Crippen molar-refractivity contribution in [3.8, 4) is 0 Å². The van der Waals surface area contributed by atoms with E-state index in [9.17, 15) is 37.5 Å². The first-order valence-corrected chi connectivity index (χ1v) is 25.6. The Morgan fingerprint density at radius 3 is 1.86 bits per heavy atom. The number of oxime groups is 1. The number of thiazole rings is 1. The SMILES string of the molecule is O=C(CON=C(C(=O)N[C@@H]1C(=O)N2C(C(=O)O)=C(CSc3cc[n+](CC(F)(F)F)cc3)CS[C@H]12)c1csc(NC(c2ccccc2)(c2ccccc2)c2ccccc2)n1)OC(c1ccccc1)c1ccccc1. The van der Waals surface area contributed by atoms with Crippen LogP contribution in [0.3, 0.4) is 0 Å². The Kier molecular flexibility index (Phi) is 15.4. The first-order chi connectivity index (χ1) is 35.4. The highest BCUT2D eigenvalue weighted by Crippen LogP contribution is 2.43. The van der Waals surface area contributed by atoms with Crippen molar-refractivity contribution in [2.24, 2.45) is 5.16 Å². The minimum absolute atomic E-state index is 0.0445. The number of nitrogens with one attached hydrogen (secondary N) is 2. The van der Waals surface area contributed by atoms with E-state index in [0.717, 1.165) is 26.2 Å². The van der Waals surface area contributed by atoms with Crippen LogP contribution in [0.25, 0.3) is 0 Å². The van der Waals surface area contributed by atoms with Crippen LogP contribution in [0, 0.1) is 0 Å². The molecule has 0 radical (unpaired) electrons. The number of ether oxygens (including phenoxy) is 1. The van der Waals surface area contributed by atoms with Gasteiger partial charge in [0.05, 0.1) is 0 Å². The number of fused-ring (bicyclic) bond motifs is 1. The number of hydrogen-bond acceptors (Lipinski definition) is 12. The van der Waals surface area contributed by atoms with Gasteiger partial charge in [0.2, 0.25) is 13.2 Å². The Bertz CT molecular complexity index is 3000. The molecule has 7 aromatic rings. The van der Waals surface area contributed by atoms with Crippen LogP contribution in [-0.2, 0) is 40.8 Å². The summed E-state index contributed by atoms with van der Waals surface area (Å²) in [5, 5.41) is 22.1. The maximum absolute atomic E-state index is 14.5. The molecule has 13 nitrogen and oxygen atoms in total. The topological polar surface area (TPSA) is 163 Å². The van der Waals surface area contributed by atoms with Gasteiger partial charge in [-0.05, 0) is 33.4 Å². The third-order valence-electron chi connectivity index (χ3n) is 11.8. The number of thioether (sulfide) groups is 2. The number of β-lactam (4-membered cyclic amide) rings is 1. The van der Waals surface area contributed by atoms with Gasteiger partial charge in [0.15, 0.2) is 29.3 Å². The van der Waals surface area contributed by atoms with Crippen molar-refractivity contribution in [1.82, 2.24) is 15.2 Å². The molecule has 9 rings (SSSR count). The third-order valence-corrected chi connectivity index (χ3v) is 15.0. The van der Waals surface area contributed by atoms with Crippen LogP contribution < -0.4 is 15.2 Å². The molecule has 2 aromatic heterocycles. The van der Waals surface area contributed by atoms with E-state index < -0.39 is 66.1 Å². The molecule has 1 saturated heterocycles. The number of carboxylic acid groups (broad SMARTS) is 1. The molecule has 0 spiro atoms. The number of aliphatic carboxylic acids is 1. The van der Waals surface area contributed by atoms with E-state index in [2.05, 4.69) is 15.8 Å². The molecule has 2 aliphatic heterocycles. The number of hydrogen-bond donors (Lipinski definition) is 3. The molecule has 1 fully saturated rings. The van der Waals surface area contributed by atoms with Gasteiger partial charge in [0.1, 0.15) is 28.3 Å². The van der Waals surface area contributed by atoms with Crippen molar-refractivity contribution < 1.29 is 51.6 Å². The Labute approximate surface area is 429 Å². The number of alkyl halides is 3. The van der Waals surface area contributed by atoms with E-state index in [1.807, 2.05) is 152 Å². The largest absolute Gasteiger partial charge is 0.477 e. The molecule has 2 amide bonds. The summed E-state index contributed by atoms with van der Waals surface area (Å²) in [6.07, 6.45) is -2.59. The van der Waals surface area contributed by atoms with Gasteiger partial charge in [-0.2, -0.15) is 17.7 Å². The summed E-state index contributed by atoms with van der Waals surface area (Å²) in [6, 6.07) is 49.6. The van der Waals surface area contributed by atoms with E-state index in [-0.39, 0.29) is 28.6 Å². The summed E-state index contributed by atoms with van der Waals surface area (Å²) in [5.74, 6) is -3.39. The highest BCUT2D eigenvalue weighted by molar-refractivity contribution is 8.01. The second-order valence-corrected chi connectivity index (χ2v) is 19.7. The number of carboxylic acids is 1. The fourth-order valence-corrected chi connectivity index (χ4v) is 11.6. The molecule has 3 N–H and O–H groups in total. The molecule has 0 bridgehead atoms. The molecular formula is C54H44F3N6O7S3+. The van der Waals surface area contributed by atoms with Crippen molar-refractivity contribution in [1.29, 1.82) is 0 Å². The summed E-state index contributed by atoms with van der Waals surface area (Å²) in [6.45, 7) is -1.86. The van der Waals surface area contributed by atoms with Gasteiger partial charge in [-0.25, -0.2) is 14.6 Å². The summed E-state index contributed by atoms with van der Waals surface area (Å²) < 4.78 is 45.6. The normalized spacial score (nSPS) is 15.8. The van der Waals surface area contributed by atoms with Crippen LogP contribution in [0.5, 0.6) is 0 Å². The quantitative estimate of drug-likeness (QED) is 0.0135. The molecule has 0 unspecified atom stereocenters. The molecule has 0 aliphatic carbocycles. The summed E-state index contributed by atoms with van der Waals surface area (Å²) >= 11 is 3.65. The van der Waals surface area contributed by atoms with E-state index in [4.69, 9.17) is 14.6 Å². The van der Waals surface area contributed by atoms with Crippen LogP contribution in [-0.4, -0.2) is 80.2 Å². The number of esters is 1. The maximum Gasteiger partial charge on any atom is 0.448 e. The molecular weight excluding hydrogens is 998 g/mol. The van der Waals surface area contributed by atoms with Gasteiger partial charge in [0.25, 0.3) is 11.8 Å². The van der Waals surface area contributed by atoms with Gasteiger partial charge in [-0.15, -0.1) is 34.9 Å². The smallest absolute Gasteiger partial charge is 0.448 e. The molecule has 4 heterocycles. The molecule has 2 atom stereocenters. The van der Waals surface area contributed by atoms with Crippen molar-refractivity contribution in [3.63, 3.8) is 0 Å². The van der Waals surface area contributed by atoms with Crippen LogP contribution in [0.2, 0.25) is 0 Å². The third kappa shape index (κ3) is 11.5. The molecule has 2 aliphatic rings. The van der Waals surface area contributed by atoms with Gasteiger partial charge in [-0.1, -0.05) is 157 Å². The van der Waals surface area contributed by atoms with E-state index in [0.29, 0.717) is 26.7 Å². The summed E-state index contributed by atoms with van der Waals surface area (Å²) in [7, 11) is 0. The van der Waals surface area contributed by atoms with E-state index in [1.54, 1.807) is 5.38 Å². The van der Waals surface area contributed by atoms with E-state index >= 15 is 0 Å². The standard InChI is InChI=1S/C54H43F3N6O7S3/c55-53(56,57)34-62-28-26-41(27-29-62)71-31-37-32-72-50-45(49(66)63(50)46(37)51(67)68)59-48(65)44(61-69-30-43(64)70-47(35-16-6-1-7-17-35)36-18-8-2-9-19-36)42-33-73-52(58-42)60-54(38-20-10-3-11-21-38,39-22-12-4-13-23-39)40-24-14-5-15-25-40/h1-29,33,45,47,50H,30-32,34H2,(H2-,58,59,60,65,67,68)/p+1/t45-,50-/m1/s1. The van der Waals surface area contributed by atoms with Crippen molar-refractivity contribution in [2.75, 3.05) is 23.4 Å². The highest BCUT2D eigenvalue weighted by atomic mass is 32.2. The average Bonchev–Trinajstić information content (AvgIpc) is 3.88. The van der Waals surface area contributed by atoms with E-state index in [1.165, 1.54) is 59.4 Å². The molecule has 73 heavy (non-hydrogen) atoms. The van der Waals surface area contributed by atoms with Crippen LogP contribution in [0.4, 0.5) is 18.3 Å². The highest BCUT2D eigenvalue weighted by Gasteiger charge is 2.54. The Balaban J connectivity index is 0.983. The van der Waals surface area contributed by atoms with Crippen molar-refractivity contribution >= 4 is 69.5 Å². The van der Waals surface area contributed by atoms with Crippen LogP contribution in [0.1, 0.15) is 39.6 Å². The lowest BCUT2D eigenvalue weighted by atomic mass is 9.77. The average molecular weight is 1040 g/mol. The number of nitrogens with zero attached hydrogens (tertiary/aromatic N) is 4. The minimum Gasteiger partial charge on any atom is -0.477 e. The van der Waals surface area contributed by atoms with Crippen LogP contribution >= 0.6 is 34.9 Å². The van der Waals surface area contributed by atoms with Crippen molar-refractivity contribution in [3.05, 3.63) is 226 Å². The minimum atomic E-state index is -4.39. The lowest BCUT2D eigenvalue weighted by molar-refractivity contribution is -0.719. The fourth-order valence-electron chi connectivity index (χ4n) is 8.51. The number of benzene rings is 5.